The van der Waals surface area contributed by atoms with E-state index < -0.39 is 15.8 Å². The predicted molar refractivity (Wildman–Crippen MR) is 92.9 cm³/mol. The summed E-state index contributed by atoms with van der Waals surface area (Å²) in [6.45, 7) is 4.28. The molecule has 1 atom stereocenters. The van der Waals surface area contributed by atoms with Crippen LogP contribution in [0.3, 0.4) is 0 Å². The Morgan fingerprint density at radius 1 is 1.12 bits per heavy atom. The van der Waals surface area contributed by atoms with E-state index in [0.717, 1.165) is 32.0 Å². The van der Waals surface area contributed by atoms with E-state index in [4.69, 9.17) is 0 Å². The monoisotopic (exact) mass is 368 g/mol. The van der Waals surface area contributed by atoms with Crippen LogP contribution in [0.25, 0.3) is 0 Å². The lowest BCUT2D eigenvalue weighted by atomic mass is 9.93. The van der Waals surface area contributed by atoms with E-state index in [9.17, 15) is 17.6 Å². The van der Waals surface area contributed by atoms with Crippen molar-refractivity contribution in [1.82, 2.24) is 9.21 Å². The molecule has 2 fully saturated rings. The van der Waals surface area contributed by atoms with Crippen LogP contribution >= 0.6 is 0 Å². The molecule has 1 aromatic rings. The van der Waals surface area contributed by atoms with E-state index in [0.29, 0.717) is 18.8 Å². The Balaban J connectivity index is 1.64. The van der Waals surface area contributed by atoms with Crippen LogP contribution in [0.4, 0.5) is 4.39 Å². The van der Waals surface area contributed by atoms with Crippen LogP contribution in [0, 0.1) is 17.7 Å². The highest BCUT2D eigenvalue weighted by Gasteiger charge is 2.35. The summed E-state index contributed by atoms with van der Waals surface area (Å²) in [4.78, 5) is 14.3. The average Bonchev–Trinajstić information content (AvgIpc) is 2.61. The van der Waals surface area contributed by atoms with Gasteiger partial charge in [0.05, 0.1) is 0 Å². The highest BCUT2D eigenvalue weighted by Crippen LogP contribution is 2.27. The van der Waals surface area contributed by atoms with E-state index >= 15 is 0 Å². The molecule has 0 N–H and O–H groups in total. The van der Waals surface area contributed by atoms with Crippen LogP contribution in [0.1, 0.15) is 32.6 Å². The van der Waals surface area contributed by atoms with E-state index in [-0.39, 0.29) is 29.8 Å². The van der Waals surface area contributed by atoms with Crippen LogP contribution in [0.2, 0.25) is 0 Å². The highest BCUT2D eigenvalue weighted by molar-refractivity contribution is 7.89. The largest absolute Gasteiger partial charge is 0.342 e. The molecule has 1 amide bonds. The third-order valence-corrected chi connectivity index (χ3v) is 7.16. The second-order valence-electron chi connectivity index (χ2n) is 7.14. The molecule has 0 aromatic heterocycles. The summed E-state index contributed by atoms with van der Waals surface area (Å²) in [5, 5.41) is 0. The lowest BCUT2D eigenvalue weighted by Gasteiger charge is -2.36. The Morgan fingerprint density at radius 2 is 1.80 bits per heavy atom. The Labute approximate surface area is 148 Å². The van der Waals surface area contributed by atoms with Crippen molar-refractivity contribution in [2.75, 3.05) is 26.2 Å². The van der Waals surface area contributed by atoms with Gasteiger partial charge in [0.2, 0.25) is 15.9 Å². The molecule has 2 aliphatic rings. The second-order valence-corrected chi connectivity index (χ2v) is 9.05. The summed E-state index contributed by atoms with van der Waals surface area (Å²) >= 11 is 0. The number of hydrogen-bond acceptors (Lipinski definition) is 3. The molecule has 1 aromatic carbocycles. The zero-order chi connectivity index (χ0) is 18.0. The van der Waals surface area contributed by atoms with Crippen LogP contribution < -0.4 is 0 Å². The van der Waals surface area contributed by atoms with Gasteiger partial charge in [-0.25, -0.2) is 12.8 Å². The number of nitrogens with zero attached hydrogens (tertiary/aromatic N) is 2. The fourth-order valence-electron chi connectivity index (χ4n) is 3.78. The lowest BCUT2D eigenvalue weighted by Crippen LogP contribution is -2.47. The number of halogens is 1. The molecular formula is C18H25FN2O3S. The van der Waals surface area contributed by atoms with Crippen molar-refractivity contribution in [3.8, 4) is 0 Å². The number of piperidine rings is 2. The fourth-order valence-corrected chi connectivity index (χ4v) is 5.32. The van der Waals surface area contributed by atoms with Crippen LogP contribution in [0.15, 0.2) is 29.2 Å². The molecule has 25 heavy (non-hydrogen) atoms. The average molecular weight is 368 g/mol. The van der Waals surface area contributed by atoms with Crippen molar-refractivity contribution in [3.63, 3.8) is 0 Å². The van der Waals surface area contributed by atoms with Gasteiger partial charge in [0.1, 0.15) is 10.7 Å². The molecule has 2 saturated heterocycles. The SMILES string of the molecule is CC1CCCN(C(=O)C2CCN(S(=O)(=O)c3ccccc3F)CC2)C1. The molecule has 138 valence electrons. The second kappa shape index (κ2) is 7.41. The van der Waals surface area contributed by atoms with Crippen molar-refractivity contribution in [1.29, 1.82) is 0 Å². The summed E-state index contributed by atoms with van der Waals surface area (Å²) in [7, 11) is -3.84. The van der Waals surface area contributed by atoms with Gasteiger partial charge >= 0.3 is 0 Å². The number of amides is 1. The van der Waals surface area contributed by atoms with Crippen LogP contribution in [0.5, 0.6) is 0 Å². The molecule has 5 nitrogen and oxygen atoms in total. The van der Waals surface area contributed by atoms with Crippen molar-refractivity contribution < 1.29 is 17.6 Å². The maximum Gasteiger partial charge on any atom is 0.245 e. The first kappa shape index (κ1) is 18.3. The summed E-state index contributed by atoms with van der Waals surface area (Å²) in [6, 6.07) is 5.43. The smallest absolute Gasteiger partial charge is 0.245 e. The maximum absolute atomic E-state index is 13.9. The lowest BCUT2D eigenvalue weighted by molar-refractivity contribution is -0.138. The summed E-state index contributed by atoms with van der Waals surface area (Å²) in [5.41, 5.74) is 0. The molecule has 1 unspecified atom stereocenters. The molecule has 2 heterocycles. The van der Waals surface area contributed by atoms with Gasteiger partial charge in [0.15, 0.2) is 0 Å². The minimum Gasteiger partial charge on any atom is -0.342 e. The van der Waals surface area contributed by atoms with E-state index in [2.05, 4.69) is 6.92 Å². The topological polar surface area (TPSA) is 57.7 Å². The van der Waals surface area contributed by atoms with Gasteiger partial charge in [0.25, 0.3) is 0 Å². The van der Waals surface area contributed by atoms with Gasteiger partial charge in [-0.2, -0.15) is 4.31 Å². The molecule has 7 heteroatoms. The molecule has 0 aliphatic carbocycles. The Morgan fingerprint density at radius 3 is 2.44 bits per heavy atom. The number of hydrogen-bond donors (Lipinski definition) is 0. The predicted octanol–water partition coefficient (Wildman–Crippen LogP) is 2.48. The number of benzene rings is 1. The Bertz CT molecular complexity index is 730. The van der Waals surface area contributed by atoms with Gasteiger partial charge in [-0.05, 0) is 43.7 Å². The number of carbonyl (C=O) groups excluding carboxylic acids is 1. The van der Waals surface area contributed by atoms with Gasteiger partial charge < -0.3 is 4.90 Å². The zero-order valence-electron chi connectivity index (χ0n) is 14.5. The first-order valence-electron chi connectivity index (χ1n) is 8.93. The Kier molecular flexibility index (Phi) is 5.43. The van der Waals surface area contributed by atoms with Crippen LogP contribution in [-0.2, 0) is 14.8 Å². The standard InChI is InChI=1S/C18H25FN2O3S/c1-14-5-4-10-20(13-14)18(22)15-8-11-21(12-9-15)25(23,24)17-7-3-2-6-16(17)19/h2-3,6-7,14-15H,4-5,8-13H2,1H3. The highest BCUT2D eigenvalue weighted by atomic mass is 32.2. The molecule has 2 aliphatic heterocycles. The minimum atomic E-state index is -3.84. The van der Waals surface area contributed by atoms with E-state index in [1.807, 2.05) is 4.90 Å². The van der Waals surface area contributed by atoms with E-state index in [1.54, 1.807) is 0 Å². The number of rotatable bonds is 3. The molecule has 3 rings (SSSR count). The molecule has 0 saturated carbocycles. The fraction of sp³-hybridized carbons (Fsp3) is 0.611. The van der Waals surface area contributed by atoms with Crippen molar-refractivity contribution in [2.45, 2.75) is 37.5 Å². The Hall–Kier alpha value is -1.47. The van der Waals surface area contributed by atoms with Gasteiger partial charge in [-0.3, -0.25) is 4.79 Å². The van der Waals surface area contributed by atoms with Crippen LogP contribution in [-0.4, -0.2) is 49.7 Å². The van der Waals surface area contributed by atoms with E-state index in [1.165, 1.54) is 22.5 Å². The van der Waals surface area contributed by atoms with Gasteiger partial charge in [-0.1, -0.05) is 19.1 Å². The first-order chi connectivity index (χ1) is 11.9. The maximum atomic E-state index is 13.9. The van der Waals surface area contributed by atoms with Crippen molar-refractivity contribution >= 4 is 15.9 Å². The first-order valence-corrected chi connectivity index (χ1v) is 10.4. The number of likely N-dealkylation sites (tertiary alicyclic amines) is 1. The number of sulfonamides is 1. The summed E-state index contributed by atoms with van der Waals surface area (Å²) in [5.74, 6) is -0.186. The summed E-state index contributed by atoms with van der Waals surface area (Å²) < 4.78 is 40.4. The summed E-state index contributed by atoms with van der Waals surface area (Å²) in [6.07, 6.45) is 3.19. The van der Waals surface area contributed by atoms with Crippen molar-refractivity contribution in [2.24, 2.45) is 11.8 Å². The zero-order valence-corrected chi connectivity index (χ0v) is 15.3. The minimum absolute atomic E-state index is 0.127. The normalized spacial score (nSPS) is 23.6. The molecule has 0 spiro atoms. The quantitative estimate of drug-likeness (QED) is 0.824. The molecule has 0 radical (unpaired) electrons. The molecular weight excluding hydrogens is 343 g/mol. The van der Waals surface area contributed by atoms with Crippen molar-refractivity contribution in [3.05, 3.63) is 30.1 Å². The van der Waals surface area contributed by atoms with Gasteiger partial charge in [0, 0.05) is 32.1 Å². The molecule has 0 bridgehead atoms. The number of carbonyl (C=O) groups is 1. The third kappa shape index (κ3) is 3.87. The third-order valence-electron chi connectivity index (χ3n) is 5.23. The van der Waals surface area contributed by atoms with Gasteiger partial charge in [-0.15, -0.1) is 0 Å².